The summed E-state index contributed by atoms with van der Waals surface area (Å²) in [5.74, 6) is 0. The third kappa shape index (κ3) is 5.01. The lowest BCUT2D eigenvalue weighted by Crippen LogP contribution is -2.16. The van der Waals surface area contributed by atoms with Crippen LogP contribution in [0.4, 0.5) is 26.3 Å². The van der Waals surface area contributed by atoms with E-state index in [4.69, 9.17) is 0 Å². The van der Waals surface area contributed by atoms with Crippen molar-refractivity contribution in [1.29, 1.82) is 0 Å². The van der Waals surface area contributed by atoms with E-state index in [0.29, 0.717) is 22.1 Å². The minimum absolute atomic E-state index is 0.139. The number of nitrogens with zero attached hydrogens (tertiary/aromatic N) is 2. The van der Waals surface area contributed by atoms with Gasteiger partial charge in [0, 0.05) is 61.9 Å². The smallest absolute Gasteiger partial charge is 0.308 e. The second-order valence-corrected chi connectivity index (χ2v) is 17.2. The summed E-state index contributed by atoms with van der Waals surface area (Å²) >= 11 is 3.13. The Morgan fingerprint density at radius 3 is 1.32 bits per heavy atom. The van der Waals surface area contributed by atoms with Gasteiger partial charge in [-0.3, -0.25) is 0 Å². The van der Waals surface area contributed by atoms with Crippen LogP contribution in [-0.2, 0) is 12.4 Å². The summed E-state index contributed by atoms with van der Waals surface area (Å²) in [4.78, 5) is 0. The third-order valence-electron chi connectivity index (χ3n) is 11.7. The van der Waals surface area contributed by atoms with Gasteiger partial charge in [0.05, 0.1) is 39.0 Å². The summed E-state index contributed by atoms with van der Waals surface area (Å²) in [5.41, 5.74) is 0.452. The first kappa shape index (κ1) is 35.3. The Bertz CT molecular complexity index is 3560. The molecule has 0 fully saturated rings. The topological polar surface area (TPSA) is 9.86 Å². The Morgan fingerprint density at radius 2 is 0.833 bits per heavy atom. The molecule has 0 aliphatic heterocycles. The molecule has 0 N–H and O–H groups in total. The summed E-state index contributed by atoms with van der Waals surface area (Å²) in [6.07, 6.45) is -9.62. The molecule has 12 aromatic rings. The molecule has 0 aliphatic carbocycles. The molecule has 2 nitrogen and oxygen atoms in total. The SMILES string of the molecule is FC(F)(F)c1cccc(-c2cc(-n3c4ccccc4c4ccc5sc6ccccc6c5c43)c(C(F)(F)F)c(-n3c4ccccc4c4ccc5sc6ccccc6c5c43)c2)c1. The molecule has 4 heterocycles. The molecule has 8 aromatic carbocycles. The minimum Gasteiger partial charge on any atom is -0.308 e. The Balaban J connectivity index is 1.33. The maximum absolute atomic E-state index is 16.7. The van der Waals surface area contributed by atoms with E-state index >= 15 is 13.2 Å². The van der Waals surface area contributed by atoms with E-state index in [0.717, 1.165) is 74.0 Å². The van der Waals surface area contributed by atoms with Crippen LogP contribution in [0, 0.1) is 0 Å². The highest BCUT2D eigenvalue weighted by molar-refractivity contribution is 7.26. The largest absolute Gasteiger partial charge is 0.420 e. The predicted molar refractivity (Wildman–Crippen MR) is 236 cm³/mol. The van der Waals surface area contributed by atoms with Crippen molar-refractivity contribution in [3.63, 3.8) is 0 Å². The zero-order valence-electron chi connectivity index (χ0n) is 31.0. The number of aromatic nitrogens is 2. The third-order valence-corrected chi connectivity index (χ3v) is 14.0. The molecule has 4 aromatic heterocycles. The van der Waals surface area contributed by atoms with Crippen molar-refractivity contribution in [1.82, 2.24) is 9.13 Å². The molecular weight excluding hydrogens is 807 g/mol. The molecule has 12 rings (SSSR count). The molecule has 0 saturated carbocycles. The highest BCUT2D eigenvalue weighted by Crippen LogP contribution is 2.50. The number of fused-ring (bicyclic) bond motifs is 14. The Kier molecular flexibility index (Phi) is 7.33. The van der Waals surface area contributed by atoms with Crippen molar-refractivity contribution >= 4 is 107 Å². The number of hydrogen-bond acceptors (Lipinski definition) is 2. The van der Waals surface area contributed by atoms with Crippen LogP contribution >= 0.6 is 22.7 Å². The number of para-hydroxylation sites is 2. The molecule has 0 radical (unpaired) electrons. The van der Waals surface area contributed by atoms with Crippen molar-refractivity contribution in [2.75, 3.05) is 0 Å². The van der Waals surface area contributed by atoms with Gasteiger partial charge in [-0.25, -0.2) is 0 Å². The van der Waals surface area contributed by atoms with Crippen molar-refractivity contribution in [3.05, 3.63) is 169 Å². The standard InChI is InChI=1S/C50H26F6N2S2/c51-49(52,53)29-11-9-10-27(24-29)28-25-38(57-36-16-5-1-12-30(36)32-20-22-42-44(47(32)57)34-14-3-7-18-40(34)59-42)46(50(54,55)56)39(26-28)58-37-17-6-2-13-31(37)33-21-23-43-45(48(33)58)35-15-4-8-19-41(35)60-43/h1-26H. The number of hydrogen-bond donors (Lipinski definition) is 0. The molecule has 0 spiro atoms. The Hall–Kier alpha value is -6.62. The van der Waals surface area contributed by atoms with Gasteiger partial charge in [-0.05, 0) is 71.8 Å². The first-order valence-electron chi connectivity index (χ1n) is 19.1. The fraction of sp³-hybridized carbons (Fsp3) is 0.0400. The van der Waals surface area contributed by atoms with E-state index in [2.05, 4.69) is 0 Å². The number of halogens is 6. The van der Waals surface area contributed by atoms with Gasteiger partial charge in [0.25, 0.3) is 0 Å². The summed E-state index contributed by atoms with van der Waals surface area (Å²) in [7, 11) is 0. The Labute approximate surface area is 344 Å². The first-order chi connectivity index (χ1) is 29.0. The number of thiophene rings is 2. The number of alkyl halides is 6. The van der Waals surface area contributed by atoms with E-state index in [9.17, 15) is 13.2 Å². The monoisotopic (exact) mass is 832 g/mol. The average molecular weight is 833 g/mol. The van der Waals surface area contributed by atoms with Crippen molar-refractivity contribution in [2.45, 2.75) is 12.4 Å². The molecule has 0 amide bonds. The van der Waals surface area contributed by atoms with Gasteiger partial charge in [-0.1, -0.05) is 97.1 Å². The van der Waals surface area contributed by atoms with Crippen LogP contribution in [0.3, 0.4) is 0 Å². The molecule has 0 bridgehead atoms. The average Bonchev–Trinajstić information content (AvgIpc) is 4.00. The van der Waals surface area contributed by atoms with Crippen molar-refractivity contribution in [3.8, 4) is 22.5 Å². The Morgan fingerprint density at radius 1 is 0.367 bits per heavy atom. The van der Waals surface area contributed by atoms with Crippen LogP contribution in [-0.4, -0.2) is 9.13 Å². The fourth-order valence-electron chi connectivity index (χ4n) is 9.33. The van der Waals surface area contributed by atoms with E-state index in [1.165, 1.54) is 24.3 Å². The van der Waals surface area contributed by atoms with Crippen molar-refractivity contribution < 1.29 is 26.3 Å². The van der Waals surface area contributed by atoms with Crippen LogP contribution < -0.4 is 0 Å². The summed E-state index contributed by atoms with van der Waals surface area (Å²) in [6.45, 7) is 0. The molecule has 10 heteroatoms. The molecule has 60 heavy (non-hydrogen) atoms. The van der Waals surface area contributed by atoms with Gasteiger partial charge in [0.1, 0.15) is 5.56 Å². The van der Waals surface area contributed by atoms with E-state index < -0.39 is 23.5 Å². The van der Waals surface area contributed by atoms with Crippen LogP contribution in [0.1, 0.15) is 11.1 Å². The van der Waals surface area contributed by atoms with E-state index in [1.54, 1.807) is 43.9 Å². The number of rotatable bonds is 3. The highest BCUT2D eigenvalue weighted by Gasteiger charge is 2.40. The van der Waals surface area contributed by atoms with Crippen LogP contribution in [0.2, 0.25) is 0 Å². The lowest BCUT2D eigenvalue weighted by molar-refractivity contribution is -0.138. The van der Waals surface area contributed by atoms with Gasteiger partial charge >= 0.3 is 12.4 Å². The summed E-state index contributed by atoms with van der Waals surface area (Å²) in [5, 5.41) is 6.49. The summed E-state index contributed by atoms with van der Waals surface area (Å²) < 4.78 is 100. The molecule has 0 atom stereocenters. The quantitative estimate of drug-likeness (QED) is 0.157. The molecule has 290 valence electrons. The zero-order valence-corrected chi connectivity index (χ0v) is 32.6. The van der Waals surface area contributed by atoms with Gasteiger partial charge in [0.2, 0.25) is 0 Å². The molecule has 0 unspecified atom stereocenters. The van der Waals surface area contributed by atoms with Crippen LogP contribution in [0.5, 0.6) is 0 Å². The fourth-order valence-corrected chi connectivity index (χ4v) is 11.5. The zero-order chi connectivity index (χ0) is 40.7. The second-order valence-electron chi connectivity index (χ2n) is 15.0. The highest BCUT2D eigenvalue weighted by atomic mass is 32.1. The van der Waals surface area contributed by atoms with Gasteiger partial charge < -0.3 is 9.13 Å². The lowest BCUT2D eigenvalue weighted by Gasteiger charge is -2.23. The number of benzene rings is 8. The normalized spacial score (nSPS) is 12.8. The molecular formula is C50H26F6N2S2. The van der Waals surface area contributed by atoms with Gasteiger partial charge in [0.15, 0.2) is 0 Å². The van der Waals surface area contributed by atoms with E-state index in [-0.39, 0.29) is 22.5 Å². The van der Waals surface area contributed by atoms with Crippen molar-refractivity contribution in [2.24, 2.45) is 0 Å². The maximum atomic E-state index is 16.7. The predicted octanol–water partition coefficient (Wildman–Crippen LogP) is 16.3. The minimum atomic E-state index is -4.94. The second kappa shape index (κ2) is 12.5. The molecule has 0 saturated heterocycles. The first-order valence-corrected chi connectivity index (χ1v) is 20.8. The molecule has 0 aliphatic rings. The van der Waals surface area contributed by atoms with Gasteiger partial charge in [-0.15, -0.1) is 22.7 Å². The van der Waals surface area contributed by atoms with Crippen LogP contribution in [0.15, 0.2) is 158 Å². The van der Waals surface area contributed by atoms with E-state index in [1.807, 2.05) is 109 Å². The van der Waals surface area contributed by atoms with Gasteiger partial charge in [-0.2, -0.15) is 26.3 Å². The lowest BCUT2D eigenvalue weighted by atomic mass is 9.97. The maximum Gasteiger partial charge on any atom is 0.420 e. The van der Waals surface area contributed by atoms with Crippen LogP contribution in [0.25, 0.3) is 106 Å². The summed E-state index contributed by atoms with van der Waals surface area (Å²) in [6, 6.07) is 46.1.